The Morgan fingerprint density at radius 2 is 2.06 bits per heavy atom. The van der Waals surface area contributed by atoms with Crippen molar-refractivity contribution in [1.82, 2.24) is 4.98 Å². The van der Waals surface area contributed by atoms with Crippen molar-refractivity contribution in [2.24, 2.45) is 0 Å². The molecule has 86 valence electrons. The van der Waals surface area contributed by atoms with E-state index in [2.05, 4.69) is 27.6 Å². The van der Waals surface area contributed by atoms with E-state index in [1.165, 1.54) is 12.3 Å². The number of aromatic carboxylic acids is 1. The first-order valence-corrected chi connectivity index (χ1v) is 5.90. The van der Waals surface area contributed by atoms with Crippen LogP contribution in [0.5, 0.6) is 0 Å². The van der Waals surface area contributed by atoms with E-state index in [1.807, 2.05) is 6.07 Å². The molecule has 1 aromatic carbocycles. The summed E-state index contributed by atoms with van der Waals surface area (Å²) in [5, 5.41) is 9.13. The molecule has 0 amide bonds. The molecule has 0 spiro atoms. The minimum atomic E-state index is -0.972. The summed E-state index contributed by atoms with van der Waals surface area (Å²) in [5.41, 5.74) is 7.91. The lowest BCUT2D eigenvalue weighted by Gasteiger charge is -2.08. The predicted molar refractivity (Wildman–Crippen MR) is 73.8 cm³/mol. The van der Waals surface area contributed by atoms with Crippen molar-refractivity contribution in [2.75, 3.05) is 5.73 Å². The molecule has 4 nitrogen and oxygen atoms in total. The van der Waals surface area contributed by atoms with E-state index in [4.69, 9.17) is 10.8 Å². The number of nitrogens with two attached hydrogens (primary N) is 1. The number of carbonyl (C=O) groups is 1. The van der Waals surface area contributed by atoms with Crippen molar-refractivity contribution < 1.29 is 9.90 Å². The van der Waals surface area contributed by atoms with Crippen molar-refractivity contribution in [3.63, 3.8) is 0 Å². The lowest BCUT2D eigenvalue weighted by atomic mass is 10.0. The fraction of sp³-hybridized carbons (Fsp3) is 0. The molecule has 5 heteroatoms. The van der Waals surface area contributed by atoms with Crippen LogP contribution in [0.25, 0.3) is 11.1 Å². The molecule has 2 rings (SSSR count). The summed E-state index contributed by atoms with van der Waals surface area (Å²) in [6.45, 7) is 0. The molecule has 1 heterocycles. The molecule has 0 bridgehead atoms. The Hall–Kier alpha value is -1.63. The van der Waals surface area contributed by atoms with Crippen LogP contribution in [0.3, 0.4) is 0 Å². The van der Waals surface area contributed by atoms with Crippen LogP contribution in [0.15, 0.2) is 36.7 Å². The second-order valence-corrected chi connectivity index (χ2v) is 4.63. The molecular weight excluding hydrogens is 331 g/mol. The van der Waals surface area contributed by atoms with Crippen molar-refractivity contribution in [3.05, 3.63) is 45.8 Å². The van der Waals surface area contributed by atoms with Crippen LogP contribution in [0.2, 0.25) is 0 Å². The fourth-order valence-electron chi connectivity index (χ4n) is 1.54. The molecule has 0 atom stereocenters. The Morgan fingerprint density at radius 1 is 1.29 bits per heavy atom. The second-order valence-electron chi connectivity index (χ2n) is 3.47. The second kappa shape index (κ2) is 4.70. The van der Waals surface area contributed by atoms with Gasteiger partial charge in [-0.2, -0.15) is 0 Å². The summed E-state index contributed by atoms with van der Waals surface area (Å²) in [5.74, 6) is -0.972. The first kappa shape index (κ1) is 11.8. The molecule has 0 saturated carbocycles. The number of halogens is 1. The van der Waals surface area contributed by atoms with E-state index in [0.717, 1.165) is 9.13 Å². The van der Waals surface area contributed by atoms with Crippen LogP contribution in [0.4, 0.5) is 5.69 Å². The molecule has 0 aliphatic carbocycles. The number of hydrogen-bond acceptors (Lipinski definition) is 3. The van der Waals surface area contributed by atoms with Crippen LogP contribution in [0, 0.1) is 3.57 Å². The smallest absolute Gasteiger partial charge is 0.336 e. The molecule has 0 aliphatic heterocycles. The largest absolute Gasteiger partial charge is 0.478 e. The first-order valence-electron chi connectivity index (χ1n) is 4.82. The van der Waals surface area contributed by atoms with Gasteiger partial charge in [0.1, 0.15) is 0 Å². The minimum Gasteiger partial charge on any atom is -0.478 e. The number of carboxylic acids is 1. The molecule has 0 unspecified atom stereocenters. The fourth-order valence-corrected chi connectivity index (χ4v) is 2.17. The van der Waals surface area contributed by atoms with Crippen LogP contribution in [-0.2, 0) is 0 Å². The van der Waals surface area contributed by atoms with Gasteiger partial charge in [-0.25, -0.2) is 4.79 Å². The van der Waals surface area contributed by atoms with E-state index < -0.39 is 5.97 Å². The van der Waals surface area contributed by atoms with Crippen molar-refractivity contribution in [2.45, 2.75) is 0 Å². The summed E-state index contributed by atoms with van der Waals surface area (Å²) in [7, 11) is 0. The SMILES string of the molecule is Nc1ccc(I)c(-c2cnccc2C(=O)O)c1. The lowest BCUT2D eigenvalue weighted by molar-refractivity contribution is 0.0697. The van der Waals surface area contributed by atoms with Gasteiger partial charge in [0.2, 0.25) is 0 Å². The van der Waals surface area contributed by atoms with Gasteiger partial charge in [0, 0.05) is 27.2 Å². The maximum absolute atomic E-state index is 11.1. The van der Waals surface area contributed by atoms with Gasteiger partial charge in [0.05, 0.1) is 5.56 Å². The Balaban J connectivity index is 2.68. The normalized spacial score (nSPS) is 10.2. The number of carboxylic acid groups (broad SMARTS) is 1. The van der Waals surface area contributed by atoms with Gasteiger partial charge in [-0.3, -0.25) is 4.98 Å². The van der Waals surface area contributed by atoms with E-state index in [9.17, 15) is 4.79 Å². The summed E-state index contributed by atoms with van der Waals surface area (Å²) < 4.78 is 0.937. The zero-order valence-electron chi connectivity index (χ0n) is 8.72. The number of rotatable bonds is 2. The minimum absolute atomic E-state index is 0.225. The molecule has 0 aliphatic rings. The number of anilines is 1. The third kappa shape index (κ3) is 2.38. The quantitative estimate of drug-likeness (QED) is 0.651. The molecule has 2 aromatic rings. The Labute approximate surface area is 112 Å². The summed E-state index contributed by atoms with van der Waals surface area (Å²) in [6, 6.07) is 6.87. The van der Waals surface area contributed by atoms with Crippen molar-refractivity contribution >= 4 is 34.2 Å². The monoisotopic (exact) mass is 340 g/mol. The predicted octanol–water partition coefficient (Wildman–Crippen LogP) is 2.63. The zero-order valence-corrected chi connectivity index (χ0v) is 10.9. The Morgan fingerprint density at radius 3 is 2.76 bits per heavy atom. The summed E-state index contributed by atoms with van der Waals surface area (Å²) in [4.78, 5) is 15.1. The number of nitrogens with zero attached hydrogens (tertiary/aromatic N) is 1. The van der Waals surface area contributed by atoms with E-state index in [1.54, 1.807) is 18.3 Å². The maximum atomic E-state index is 11.1. The van der Waals surface area contributed by atoms with Gasteiger partial charge in [0.25, 0.3) is 0 Å². The third-order valence-corrected chi connectivity index (χ3v) is 3.27. The van der Waals surface area contributed by atoms with Crippen LogP contribution in [0.1, 0.15) is 10.4 Å². The van der Waals surface area contributed by atoms with Gasteiger partial charge in [-0.05, 0) is 52.4 Å². The van der Waals surface area contributed by atoms with E-state index in [-0.39, 0.29) is 5.56 Å². The van der Waals surface area contributed by atoms with Crippen LogP contribution < -0.4 is 5.73 Å². The third-order valence-electron chi connectivity index (χ3n) is 2.33. The number of hydrogen-bond donors (Lipinski definition) is 2. The molecule has 17 heavy (non-hydrogen) atoms. The number of pyridine rings is 1. The highest BCUT2D eigenvalue weighted by atomic mass is 127. The molecule has 0 fully saturated rings. The molecule has 0 saturated heterocycles. The van der Waals surface area contributed by atoms with Crippen LogP contribution in [-0.4, -0.2) is 16.1 Å². The maximum Gasteiger partial charge on any atom is 0.336 e. The average Bonchev–Trinajstić information content (AvgIpc) is 2.32. The highest BCUT2D eigenvalue weighted by Gasteiger charge is 2.13. The van der Waals surface area contributed by atoms with Crippen molar-refractivity contribution in [1.29, 1.82) is 0 Å². The highest BCUT2D eigenvalue weighted by Crippen LogP contribution is 2.29. The number of benzene rings is 1. The molecule has 3 N–H and O–H groups in total. The van der Waals surface area contributed by atoms with Gasteiger partial charge in [-0.15, -0.1) is 0 Å². The first-order chi connectivity index (χ1) is 8.09. The average molecular weight is 340 g/mol. The van der Waals surface area contributed by atoms with E-state index in [0.29, 0.717) is 11.3 Å². The Bertz CT molecular complexity index is 584. The molecule has 0 radical (unpaired) electrons. The van der Waals surface area contributed by atoms with Gasteiger partial charge in [0.15, 0.2) is 0 Å². The summed E-state index contributed by atoms with van der Waals surface area (Å²) in [6.07, 6.45) is 3.01. The van der Waals surface area contributed by atoms with Gasteiger partial charge >= 0.3 is 5.97 Å². The topological polar surface area (TPSA) is 76.2 Å². The molecular formula is C12H9IN2O2. The zero-order chi connectivity index (χ0) is 12.4. The summed E-state index contributed by atoms with van der Waals surface area (Å²) >= 11 is 2.14. The number of aromatic nitrogens is 1. The molecule has 1 aromatic heterocycles. The number of nitrogen functional groups attached to an aromatic ring is 1. The standard InChI is InChI=1S/C12H9IN2O2/c13-11-2-1-7(14)5-9(11)10-6-15-4-3-8(10)12(16)17/h1-6H,14H2,(H,16,17). The van der Waals surface area contributed by atoms with Gasteiger partial charge < -0.3 is 10.8 Å². The van der Waals surface area contributed by atoms with Gasteiger partial charge in [-0.1, -0.05) is 0 Å². The van der Waals surface area contributed by atoms with E-state index >= 15 is 0 Å². The lowest BCUT2D eigenvalue weighted by Crippen LogP contribution is -2.01. The Kier molecular flexibility index (Phi) is 3.28. The highest BCUT2D eigenvalue weighted by molar-refractivity contribution is 14.1. The van der Waals surface area contributed by atoms with Crippen LogP contribution >= 0.6 is 22.6 Å². The van der Waals surface area contributed by atoms with Crippen molar-refractivity contribution in [3.8, 4) is 11.1 Å².